The molecule has 0 fully saturated rings. The molecule has 29 heavy (non-hydrogen) atoms. The number of anilines is 1. The van der Waals surface area contributed by atoms with E-state index in [-0.39, 0.29) is 0 Å². The van der Waals surface area contributed by atoms with Crippen molar-refractivity contribution < 1.29 is 22.5 Å². The van der Waals surface area contributed by atoms with E-state index in [2.05, 4.69) is 0 Å². The molecule has 1 aliphatic rings. The molecule has 152 valence electrons. The monoisotopic (exact) mass is 414 g/mol. The lowest BCUT2D eigenvalue weighted by Crippen LogP contribution is -2.38. The molecule has 2 aromatic rings. The van der Waals surface area contributed by atoms with Crippen LogP contribution in [0, 0.1) is 0 Å². The number of para-hydroxylation sites is 1. The molecule has 1 amide bonds. The number of carbonyl (C=O) groups is 1. The Morgan fingerprint density at radius 3 is 2.45 bits per heavy atom. The van der Waals surface area contributed by atoms with Gasteiger partial charge >= 0.3 is 6.09 Å². The quantitative estimate of drug-likeness (QED) is 0.729. The van der Waals surface area contributed by atoms with Gasteiger partial charge in [0.15, 0.2) is 5.37 Å². The van der Waals surface area contributed by atoms with Gasteiger partial charge in [0.2, 0.25) is 0 Å². The van der Waals surface area contributed by atoms with Crippen LogP contribution in [0.5, 0.6) is 5.75 Å². The molecule has 0 bridgehead atoms. The van der Waals surface area contributed by atoms with Crippen LogP contribution in [-0.4, -0.2) is 42.9 Å². The lowest BCUT2D eigenvalue weighted by molar-refractivity contribution is 0.209. The Hall–Kier alpha value is -3.10. The Bertz CT molecular complexity index is 1000. The van der Waals surface area contributed by atoms with Crippen LogP contribution in [0.15, 0.2) is 79.0 Å². The van der Waals surface area contributed by atoms with E-state index in [1.165, 1.54) is 11.0 Å². The largest absolute Gasteiger partial charge is 0.419 e. The highest BCUT2D eigenvalue weighted by atomic mass is 32.2. The van der Waals surface area contributed by atoms with Gasteiger partial charge in [-0.25, -0.2) is 4.79 Å². The fourth-order valence-electron chi connectivity index (χ4n) is 2.90. The third-order valence-corrected chi connectivity index (χ3v) is 5.54. The van der Waals surface area contributed by atoms with Crippen molar-refractivity contribution in [3.05, 3.63) is 84.6 Å². The second-order valence-electron chi connectivity index (χ2n) is 6.53. The molecule has 0 spiro atoms. The first-order valence-corrected chi connectivity index (χ1v) is 10.5. The van der Waals surface area contributed by atoms with E-state index in [4.69, 9.17) is 4.74 Å². The molecule has 0 aromatic heterocycles. The third kappa shape index (κ3) is 5.46. The number of hydrogen-bond donors (Lipinski definition) is 1. The van der Waals surface area contributed by atoms with Gasteiger partial charge in [-0.2, -0.15) is 8.42 Å². The molecule has 1 N–H and O–H groups in total. The number of carbonyl (C=O) groups excluding carboxylic acids is 1. The van der Waals surface area contributed by atoms with Crippen molar-refractivity contribution in [2.45, 2.75) is 11.8 Å². The molecule has 1 aliphatic heterocycles. The molecule has 1 heterocycles. The number of benzene rings is 2. The number of hydrogen-bond acceptors (Lipinski definition) is 5. The summed E-state index contributed by atoms with van der Waals surface area (Å²) in [5.74, 6) is 0.415. The minimum absolute atomic E-state index is 0.404. The van der Waals surface area contributed by atoms with Crippen molar-refractivity contribution in [1.29, 1.82) is 0 Å². The Kier molecular flexibility index (Phi) is 6.36. The summed E-state index contributed by atoms with van der Waals surface area (Å²) in [5.41, 5.74) is 1.67. The number of nitrogens with zero attached hydrogens (tertiary/aromatic N) is 2. The molecule has 0 saturated heterocycles. The fourth-order valence-corrected chi connectivity index (χ4v) is 3.70. The van der Waals surface area contributed by atoms with Gasteiger partial charge in [-0.1, -0.05) is 36.4 Å². The average Bonchev–Trinajstić information content (AvgIpc) is 2.73. The van der Waals surface area contributed by atoms with Gasteiger partial charge in [0, 0.05) is 25.5 Å². The maximum atomic E-state index is 12.3. The Morgan fingerprint density at radius 2 is 1.79 bits per heavy atom. The Labute approximate surface area is 170 Å². The Morgan fingerprint density at radius 1 is 1.10 bits per heavy atom. The standard InChI is InChI=1S/C21H22N2O5S/c1-22(18-7-3-2-4-8-18)21(24)28-19-12-10-17(11-13-19)14-16-23-15-6-5-9-20(23)29(25,26)27/h2-13,15,20H,14,16H2,1H3,(H,25,26,27). The van der Waals surface area contributed by atoms with Crippen LogP contribution in [-0.2, 0) is 16.5 Å². The normalized spacial score (nSPS) is 15.9. The van der Waals surface area contributed by atoms with Gasteiger partial charge in [0.25, 0.3) is 10.1 Å². The second kappa shape index (κ2) is 8.93. The van der Waals surface area contributed by atoms with Crippen LogP contribution in [0.4, 0.5) is 10.5 Å². The highest BCUT2D eigenvalue weighted by molar-refractivity contribution is 7.86. The first-order chi connectivity index (χ1) is 13.8. The summed E-state index contributed by atoms with van der Waals surface area (Å²) in [4.78, 5) is 15.2. The van der Waals surface area contributed by atoms with Crippen molar-refractivity contribution in [3.8, 4) is 5.75 Å². The molecule has 0 saturated carbocycles. The van der Waals surface area contributed by atoms with Crippen molar-refractivity contribution in [2.75, 3.05) is 18.5 Å². The molecular weight excluding hydrogens is 392 g/mol. The predicted molar refractivity (Wildman–Crippen MR) is 111 cm³/mol. The van der Waals surface area contributed by atoms with E-state index in [9.17, 15) is 17.8 Å². The third-order valence-electron chi connectivity index (χ3n) is 4.50. The van der Waals surface area contributed by atoms with Crippen molar-refractivity contribution in [3.63, 3.8) is 0 Å². The first-order valence-electron chi connectivity index (χ1n) is 9.01. The summed E-state index contributed by atoms with van der Waals surface area (Å²) in [7, 11) is -2.57. The minimum Gasteiger partial charge on any atom is -0.410 e. The van der Waals surface area contributed by atoms with Gasteiger partial charge in [-0.15, -0.1) is 0 Å². The summed E-state index contributed by atoms with van der Waals surface area (Å²) in [6, 6.07) is 16.2. The number of allylic oxidation sites excluding steroid dienone is 2. The molecule has 0 radical (unpaired) electrons. The van der Waals surface area contributed by atoms with Gasteiger partial charge in [-0.05, 0) is 48.4 Å². The molecule has 0 aliphatic carbocycles. The Balaban J connectivity index is 1.57. The summed E-state index contributed by atoms with van der Waals surface area (Å²) in [6.45, 7) is 0.404. The van der Waals surface area contributed by atoms with Crippen LogP contribution in [0.1, 0.15) is 5.56 Å². The molecule has 2 aromatic carbocycles. The fraction of sp³-hybridized carbons (Fsp3) is 0.190. The highest BCUT2D eigenvalue weighted by Crippen LogP contribution is 2.18. The van der Waals surface area contributed by atoms with Crippen LogP contribution >= 0.6 is 0 Å². The summed E-state index contributed by atoms with van der Waals surface area (Å²) < 4.78 is 37.7. The smallest absolute Gasteiger partial charge is 0.410 e. The van der Waals surface area contributed by atoms with Gasteiger partial charge < -0.3 is 9.64 Å². The topological polar surface area (TPSA) is 87.2 Å². The lowest BCUT2D eigenvalue weighted by atomic mass is 10.1. The van der Waals surface area contributed by atoms with E-state index in [1.807, 2.05) is 42.5 Å². The van der Waals surface area contributed by atoms with Crippen molar-refractivity contribution in [2.24, 2.45) is 0 Å². The predicted octanol–water partition coefficient (Wildman–Crippen LogP) is 3.46. The van der Waals surface area contributed by atoms with E-state index in [1.54, 1.807) is 42.4 Å². The first kappa shape index (κ1) is 20.6. The molecular formula is C21H22N2O5S. The van der Waals surface area contributed by atoms with Crippen LogP contribution < -0.4 is 9.64 Å². The molecule has 3 rings (SSSR count). The molecule has 1 atom stereocenters. The van der Waals surface area contributed by atoms with E-state index in [0.717, 1.165) is 11.3 Å². The SMILES string of the molecule is CN(C(=O)Oc1ccc(CCN2C=CC=CC2S(=O)(=O)O)cc1)c1ccccc1. The zero-order chi connectivity index (χ0) is 20.9. The lowest BCUT2D eigenvalue weighted by Gasteiger charge is -2.27. The van der Waals surface area contributed by atoms with Crippen molar-refractivity contribution >= 4 is 21.9 Å². The average molecular weight is 414 g/mol. The van der Waals surface area contributed by atoms with Crippen LogP contribution in [0.3, 0.4) is 0 Å². The minimum atomic E-state index is -4.21. The van der Waals surface area contributed by atoms with Crippen LogP contribution in [0.2, 0.25) is 0 Å². The number of ether oxygens (including phenoxy) is 1. The van der Waals surface area contributed by atoms with Crippen LogP contribution in [0.25, 0.3) is 0 Å². The summed E-state index contributed by atoms with van der Waals surface area (Å²) in [5, 5.41) is -1.08. The maximum Gasteiger partial charge on any atom is 0.419 e. The molecule has 7 nitrogen and oxygen atoms in total. The molecule has 1 unspecified atom stereocenters. The second-order valence-corrected chi connectivity index (χ2v) is 8.04. The zero-order valence-corrected chi connectivity index (χ0v) is 16.7. The summed E-state index contributed by atoms with van der Waals surface area (Å²) in [6.07, 6.45) is 6.43. The maximum absolute atomic E-state index is 12.3. The number of amides is 1. The number of rotatable bonds is 6. The van der Waals surface area contributed by atoms with E-state index in [0.29, 0.717) is 18.7 Å². The van der Waals surface area contributed by atoms with E-state index >= 15 is 0 Å². The zero-order valence-electron chi connectivity index (χ0n) is 15.9. The van der Waals surface area contributed by atoms with Crippen molar-refractivity contribution in [1.82, 2.24) is 4.90 Å². The van der Waals surface area contributed by atoms with E-state index < -0.39 is 21.6 Å². The summed E-state index contributed by atoms with van der Waals surface area (Å²) >= 11 is 0. The van der Waals surface area contributed by atoms with Gasteiger partial charge in [0.1, 0.15) is 5.75 Å². The molecule has 8 heteroatoms. The highest BCUT2D eigenvalue weighted by Gasteiger charge is 2.26. The van der Waals surface area contributed by atoms with Gasteiger partial charge in [0.05, 0.1) is 0 Å². The van der Waals surface area contributed by atoms with Gasteiger partial charge in [-0.3, -0.25) is 9.45 Å².